The number of methoxy groups -OCH3 is 1. The zero-order valence-electron chi connectivity index (χ0n) is 12.8. The lowest BCUT2D eigenvalue weighted by molar-refractivity contribution is -0.150. The van der Waals surface area contributed by atoms with Gasteiger partial charge in [-0.05, 0) is 13.8 Å². The normalized spacial score (nSPS) is 11.5. The molecule has 7 nitrogen and oxygen atoms in total. The monoisotopic (exact) mass is 283 g/mol. The van der Waals surface area contributed by atoms with Gasteiger partial charge >= 0.3 is 5.69 Å². The Morgan fingerprint density at radius 3 is 2.40 bits per heavy atom. The zero-order valence-corrected chi connectivity index (χ0v) is 12.8. The van der Waals surface area contributed by atoms with Gasteiger partial charge in [0.25, 0.3) is 11.5 Å². The van der Waals surface area contributed by atoms with Crippen molar-refractivity contribution < 1.29 is 9.53 Å². The molecule has 0 aliphatic carbocycles. The smallest absolute Gasteiger partial charge is 0.330 e. The van der Waals surface area contributed by atoms with Crippen molar-refractivity contribution in [3.05, 3.63) is 32.6 Å². The van der Waals surface area contributed by atoms with Gasteiger partial charge in [-0.2, -0.15) is 0 Å². The number of nitrogens with zero attached hydrogens (tertiary/aromatic N) is 3. The van der Waals surface area contributed by atoms with Gasteiger partial charge in [0.15, 0.2) is 0 Å². The third-order valence-corrected chi connectivity index (χ3v) is 3.30. The van der Waals surface area contributed by atoms with E-state index in [2.05, 4.69) is 0 Å². The molecule has 0 radical (unpaired) electrons. The predicted molar refractivity (Wildman–Crippen MR) is 74.5 cm³/mol. The van der Waals surface area contributed by atoms with Gasteiger partial charge in [0.1, 0.15) is 5.60 Å². The van der Waals surface area contributed by atoms with Crippen molar-refractivity contribution >= 4 is 5.91 Å². The van der Waals surface area contributed by atoms with Crippen LogP contribution in [0.1, 0.15) is 19.4 Å². The number of likely N-dealkylation sites (N-methyl/N-ethyl adjacent to an activating group) is 1. The van der Waals surface area contributed by atoms with E-state index in [0.29, 0.717) is 5.56 Å². The first-order valence-corrected chi connectivity index (χ1v) is 6.18. The van der Waals surface area contributed by atoms with Crippen LogP contribution in [0.5, 0.6) is 0 Å². The second kappa shape index (κ2) is 5.62. The van der Waals surface area contributed by atoms with E-state index in [-0.39, 0.29) is 12.5 Å². The van der Waals surface area contributed by atoms with Crippen LogP contribution in [0, 0.1) is 0 Å². The van der Waals surface area contributed by atoms with Crippen LogP contribution in [-0.2, 0) is 30.2 Å². The molecule has 0 aliphatic heterocycles. The van der Waals surface area contributed by atoms with Crippen molar-refractivity contribution in [2.75, 3.05) is 14.2 Å². The SMILES string of the molecule is COC(C)(C)C(=O)N(C)Cc1cn(C)c(=O)n(C)c1=O. The summed E-state index contributed by atoms with van der Waals surface area (Å²) in [4.78, 5) is 37.2. The lowest BCUT2D eigenvalue weighted by atomic mass is 10.1. The molecule has 1 aromatic rings. The van der Waals surface area contributed by atoms with Gasteiger partial charge in [0.2, 0.25) is 0 Å². The molecule has 0 unspecified atom stereocenters. The summed E-state index contributed by atoms with van der Waals surface area (Å²) in [6.45, 7) is 3.43. The number of aryl methyl sites for hydroxylation is 1. The highest BCUT2D eigenvalue weighted by atomic mass is 16.5. The fourth-order valence-electron chi connectivity index (χ4n) is 1.87. The number of carbonyl (C=O) groups is 1. The Labute approximate surface area is 117 Å². The maximum atomic E-state index is 12.2. The van der Waals surface area contributed by atoms with Crippen molar-refractivity contribution in [1.29, 1.82) is 0 Å². The fourth-order valence-corrected chi connectivity index (χ4v) is 1.87. The molecule has 0 fully saturated rings. The summed E-state index contributed by atoms with van der Waals surface area (Å²) in [7, 11) is 6.02. The highest BCUT2D eigenvalue weighted by molar-refractivity contribution is 5.84. The van der Waals surface area contributed by atoms with Crippen molar-refractivity contribution in [3.8, 4) is 0 Å². The third-order valence-electron chi connectivity index (χ3n) is 3.30. The van der Waals surface area contributed by atoms with Gasteiger partial charge in [0.05, 0.1) is 12.1 Å². The summed E-state index contributed by atoms with van der Waals surface area (Å²) >= 11 is 0. The molecule has 7 heteroatoms. The van der Waals surface area contributed by atoms with Crippen molar-refractivity contribution in [2.45, 2.75) is 26.0 Å². The minimum atomic E-state index is -0.958. The molecule has 1 aromatic heterocycles. The van der Waals surface area contributed by atoms with Crippen molar-refractivity contribution in [2.24, 2.45) is 14.1 Å². The summed E-state index contributed by atoms with van der Waals surface area (Å²) in [6, 6.07) is 0. The maximum Gasteiger partial charge on any atom is 0.330 e. The van der Waals surface area contributed by atoms with Gasteiger partial charge < -0.3 is 14.2 Å². The summed E-state index contributed by atoms with van der Waals surface area (Å²) in [5.41, 5.74) is -1.38. The zero-order chi connectivity index (χ0) is 15.7. The van der Waals surface area contributed by atoms with E-state index in [1.165, 1.54) is 29.8 Å². The van der Waals surface area contributed by atoms with Crippen LogP contribution in [0.4, 0.5) is 0 Å². The maximum absolute atomic E-state index is 12.2. The number of carbonyl (C=O) groups excluding carboxylic acids is 1. The Morgan fingerprint density at radius 1 is 1.35 bits per heavy atom. The van der Waals surface area contributed by atoms with E-state index < -0.39 is 16.9 Å². The first kappa shape index (κ1) is 16.2. The van der Waals surface area contributed by atoms with E-state index in [0.717, 1.165) is 4.57 Å². The Hall–Kier alpha value is -1.89. The predicted octanol–water partition coefficient (Wildman–Crippen LogP) is -0.533. The molecule has 0 saturated heterocycles. The second-order valence-electron chi connectivity index (χ2n) is 5.29. The first-order valence-electron chi connectivity index (χ1n) is 6.18. The van der Waals surface area contributed by atoms with Gasteiger partial charge in [-0.1, -0.05) is 0 Å². The minimum Gasteiger partial charge on any atom is -0.369 e. The van der Waals surface area contributed by atoms with Gasteiger partial charge in [-0.25, -0.2) is 4.79 Å². The highest BCUT2D eigenvalue weighted by Gasteiger charge is 2.30. The molecule has 0 saturated carbocycles. The van der Waals surface area contributed by atoms with Gasteiger partial charge in [0, 0.05) is 34.4 Å². The number of rotatable bonds is 4. The fraction of sp³-hybridized carbons (Fsp3) is 0.615. The molecule has 1 heterocycles. The van der Waals surface area contributed by atoms with E-state index in [4.69, 9.17) is 4.74 Å². The number of ether oxygens (including phenoxy) is 1. The number of hydrogen-bond donors (Lipinski definition) is 0. The van der Waals surface area contributed by atoms with E-state index in [1.54, 1.807) is 27.9 Å². The summed E-state index contributed by atoms with van der Waals surface area (Å²) in [5.74, 6) is -0.240. The van der Waals surface area contributed by atoms with Gasteiger partial charge in [-0.15, -0.1) is 0 Å². The molecule has 1 amide bonds. The molecule has 0 aliphatic rings. The van der Waals surface area contributed by atoms with E-state index in [1.807, 2.05) is 0 Å². The lowest BCUT2D eigenvalue weighted by Gasteiger charge is -2.28. The van der Waals surface area contributed by atoms with E-state index in [9.17, 15) is 14.4 Å². The third kappa shape index (κ3) is 2.98. The standard InChI is InChI=1S/C13H21N3O4/c1-13(2,20-6)11(18)14(3)7-9-8-15(4)12(19)16(5)10(9)17/h8H,7H2,1-6H3. The molecule has 0 aromatic carbocycles. The van der Waals surface area contributed by atoms with Crippen molar-refractivity contribution in [1.82, 2.24) is 14.0 Å². The van der Waals surface area contributed by atoms with Gasteiger partial charge in [-0.3, -0.25) is 14.2 Å². The lowest BCUT2D eigenvalue weighted by Crippen LogP contribution is -2.46. The summed E-state index contributed by atoms with van der Waals surface area (Å²) < 4.78 is 7.46. The number of hydrogen-bond acceptors (Lipinski definition) is 4. The second-order valence-corrected chi connectivity index (χ2v) is 5.29. The van der Waals surface area contributed by atoms with Crippen molar-refractivity contribution in [3.63, 3.8) is 0 Å². The summed E-state index contributed by atoms with van der Waals surface area (Å²) in [5, 5.41) is 0. The molecule has 112 valence electrons. The molecule has 0 bridgehead atoms. The first-order chi connectivity index (χ1) is 9.11. The van der Waals surface area contributed by atoms with Crippen LogP contribution in [0.3, 0.4) is 0 Å². The van der Waals surface area contributed by atoms with Crippen LogP contribution >= 0.6 is 0 Å². The van der Waals surface area contributed by atoms with Crippen LogP contribution in [-0.4, -0.2) is 39.7 Å². The molecular formula is C13H21N3O4. The number of aromatic nitrogens is 2. The Morgan fingerprint density at radius 2 is 1.90 bits per heavy atom. The molecule has 0 N–H and O–H groups in total. The topological polar surface area (TPSA) is 73.5 Å². The molecule has 0 atom stereocenters. The Bertz CT molecular complexity index is 627. The van der Waals surface area contributed by atoms with Crippen LogP contribution in [0.15, 0.2) is 15.8 Å². The summed E-state index contributed by atoms with van der Waals surface area (Å²) in [6.07, 6.45) is 1.45. The average Bonchev–Trinajstić information content (AvgIpc) is 2.41. The van der Waals surface area contributed by atoms with Crippen LogP contribution in [0.2, 0.25) is 0 Å². The van der Waals surface area contributed by atoms with Crippen LogP contribution in [0.25, 0.3) is 0 Å². The number of amides is 1. The Kier molecular flexibility index (Phi) is 4.54. The molecule has 1 rings (SSSR count). The molecule has 20 heavy (non-hydrogen) atoms. The molecule has 0 spiro atoms. The molecular weight excluding hydrogens is 262 g/mol. The average molecular weight is 283 g/mol. The largest absolute Gasteiger partial charge is 0.369 e. The van der Waals surface area contributed by atoms with E-state index >= 15 is 0 Å². The highest BCUT2D eigenvalue weighted by Crippen LogP contribution is 2.12. The minimum absolute atomic E-state index is 0.117. The quantitative estimate of drug-likeness (QED) is 0.744. The van der Waals surface area contributed by atoms with Crippen LogP contribution < -0.4 is 11.2 Å². The Balaban J connectivity index is 3.10.